The second-order valence-electron chi connectivity index (χ2n) is 6.45. The van der Waals surface area contributed by atoms with Crippen molar-refractivity contribution in [1.29, 1.82) is 0 Å². The maximum atomic E-state index is 11.4. The Balaban J connectivity index is 1.92. The Kier molecular flexibility index (Phi) is 5.67. The van der Waals surface area contributed by atoms with E-state index in [2.05, 4.69) is 20.0 Å². The molecule has 2 aliphatic rings. The van der Waals surface area contributed by atoms with Gasteiger partial charge in [0.15, 0.2) is 0 Å². The van der Waals surface area contributed by atoms with Crippen molar-refractivity contribution in [3.05, 3.63) is 30.1 Å². The Morgan fingerprint density at radius 2 is 2.26 bits per heavy atom. The van der Waals surface area contributed by atoms with Gasteiger partial charge in [-0.05, 0) is 6.08 Å². The van der Waals surface area contributed by atoms with E-state index in [0.717, 1.165) is 25.2 Å². The number of urea groups is 1. The molecule has 7 N–H and O–H groups in total. The molecule has 1 fully saturated rings. The molecule has 1 aliphatic heterocycles. The number of nitrogens with two attached hydrogens (primary N) is 2. The Hall–Kier alpha value is -2.98. The fourth-order valence-electron chi connectivity index (χ4n) is 3.14. The van der Waals surface area contributed by atoms with Crippen LogP contribution in [0.25, 0.3) is 0 Å². The van der Waals surface area contributed by atoms with E-state index in [0.29, 0.717) is 22.9 Å². The molecular formula is C17H24N7O3+. The van der Waals surface area contributed by atoms with Crippen LogP contribution in [0.5, 0.6) is 0 Å². The van der Waals surface area contributed by atoms with E-state index in [-0.39, 0.29) is 25.7 Å². The van der Waals surface area contributed by atoms with E-state index >= 15 is 0 Å². The highest BCUT2D eigenvalue weighted by Crippen LogP contribution is 2.23. The monoisotopic (exact) mass is 374 g/mol. The number of nitrogen functional groups attached to an aromatic ring is 1. The number of primary amides is 1. The molecule has 3 rings (SSSR count). The van der Waals surface area contributed by atoms with Crippen molar-refractivity contribution in [3.63, 3.8) is 0 Å². The Morgan fingerprint density at radius 1 is 1.44 bits per heavy atom. The van der Waals surface area contributed by atoms with Crippen LogP contribution in [-0.4, -0.2) is 68.3 Å². The summed E-state index contributed by atoms with van der Waals surface area (Å²) in [5.41, 5.74) is 13.6. The molecule has 0 spiro atoms. The molecule has 1 aromatic rings. The number of allylic oxidation sites excluding steroid dienone is 3. The number of aromatic nitrogens is 2. The van der Waals surface area contributed by atoms with Crippen LogP contribution in [-0.2, 0) is 6.54 Å². The number of carbonyl (C=O) groups excluding carboxylic acids is 1. The molecule has 144 valence electrons. The molecule has 10 nitrogen and oxygen atoms in total. The smallest absolute Gasteiger partial charge is 0.316 e. The van der Waals surface area contributed by atoms with E-state index < -0.39 is 6.03 Å². The normalized spacial score (nSPS) is 23.7. The first kappa shape index (κ1) is 18.8. The topological polar surface area (TPSA) is 155 Å². The van der Waals surface area contributed by atoms with Crippen LogP contribution in [0.1, 0.15) is 6.42 Å². The Labute approximate surface area is 156 Å². The third kappa shape index (κ3) is 4.23. The molecule has 0 aromatic carbocycles. The van der Waals surface area contributed by atoms with Crippen LogP contribution in [0.3, 0.4) is 0 Å². The number of anilines is 1. The lowest BCUT2D eigenvalue weighted by Crippen LogP contribution is -2.34. The van der Waals surface area contributed by atoms with Gasteiger partial charge in [0.1, 0.15) is 24.6 Å². The minimum absolute atomic E-state index is 0.0842. The van der Waals surface area contributed by atoms with E-state index in [1.807, 2.05) is 6.08 Å². The summed E-state index contributed by atoms with van der Waals surface area (Å²) >= 11 is 0. The zero-order valence-corrected chi connectivity index (χ0v) is 14.9. The zero-order valence-electron chi connectivity index (χ0n) is 14.9. The van der Waals surface area contributed by atoms with Gasteiger partial charge in [-0.3, -0.25) is 0 Å². The molecule has 1 unspecified atom stereocenters. The second-order valence-corrected chi connectivity index (χ2v) is 6.45. The first-order valence-electron chi connectivity index (χ1n) is 8.72. The van der Waals surface area contributed by atoms with Gasteiger partial charge in [0, 0.05) is 24.5 Å². The van der Waals surface area contributed by atoms with Crippen LogP contribution in [0.15, 0.2) is 35.1 Å². The van der Waals surface area contributed by atoms with Gasteiger partial charge in [0.2, 0.25) is 5.71 Å². The fraction of sp³-hybridized carbons (Fsp3) is 0.412. The molecule has 1 aliphatic carbocycles. The highest BCUT2D eigenvalue weighted by molar-refractivity contribution is 6.21. The number of nitrogens with zero attached hydrogens (tertiary/aromatic N) is 4. The lowest BCUT2D eigenvalue weighted by molar-refractivity contribution is -0.507. The largest absolute Gasteiger partial charge is 0.396 e. The predicted molar refractivity (Wildman–Crippen MR) is 101 cm³/mol. The molecule has 0 bridgehead atoms. The van der Waals surface area contributed by atoms with Gasteiger partial charge in [0.05, 0.1) is 37.4 Å². The van der Waals surface area contributed by atoms with Crippen molar-refractivity contribution in [3.8, 4) is 0 Å². The highest BCUT2D eigenvalue weighted by Gasteiger charge is 2.28. The molecule has 2 amide bonds. The van der Waals surface area contributed by atoms with Crippen molar-refractivity contribution < 1.29 is 19.6 Å². The van der Waals surface area contributed by atoms with Crippen molar-refractivity contribution in [2.24, 2.45) is 16.6 Å². The maximum absolute atomic E-state index is 11.4. The molecule has 0 saturated carbocycles. The summed E-state index contributed by atoms with van der Waals surface area (Å²) in [6.45, 7) is 1.93. The summed E-state index contributed by atoms with van der Waals surface area (Å²) in [5.74, 6) is 0.572. The second kappa shape index (κ2) is 8.14. The van der Waals surface area contributed by atoms with Crippen LogP contribution < -0.4 is 16.8 Å². The Morgan fingerprint density at radius 3 is 2.93 bits per heavy atom. The average molecular weight is 374 g/mol. The van der Waals surface area contributed by atoms with Gasteiger partial charge in [-0.15, -0.1) is 0 Å². The zero-order chi connectivity index (χ0) is 19.4. The molecule has 0 radical (unpaired) electrons. The van der Waals surface area contributed by atoms with E-state index in [1.165, 1.54) is 10.9 Å². The first-order valence-corrected chi connectivity index (χ1v) is 8.72. The van der Waals surface area contributed by atoms with Crippen LogP contribution in [0.4, 0.5) is 16.3 Å². The molecule has 2 heterocycles. The van der Waals surface area contributed by atoms with Crippen molar-refractivity contribution in [2.75, 3.05) is 32.0 Å². The molecule has 10 heteroatoms. The minimum atomic E-state index is -0.692. The van der Waals surface area contributed by atoms with Crippen molar-refractivity contribution in [2.45, 2.75) is 13.0 Å². The summed E-state index contributed by atoms with van der Waals surface area (Å²) in [6, 6.07) is -0.692. The highest BCUT2D eigenvalue weighted by atomic mass is 16.3. The summed E-state index contributed by atoms with van der Waals surface area (Å²) in [5, 5.41) is 25.0. The molecule has 1 saturated heterocycles. The first-order chi connectivity index (χ1) is 13.0. The molecule has 27 heavy (non-hydrogen) atoms. The third-order valence-corrected chi connectivity index (χ3v) is 4.56. The molecule has 1 aromatic heterocycles. The number of rotatable bonds is 5. The Bertz CT molecular complexity index is 851. The molecular weight excluding hydrogens is 350 g/mol. The van der Waals surface area contributed by atoms with Crippen molar-refractivity contribution in [1.82, 2.24) is 15.1 Å². The van der Waals surface area contributed by atoms with Gasteiger partial charge in [-0.2, -0.15) is 5.10 Å². The van der Waals surface area contributed by atoms with E-state index in [4.69, 9.17) is 16.6 Å². The van der Waals surface area contributed by atoms with E-state index in [9.17, 15) is 9.90 Å². The number of aliphatic hydroxyl groups is 2. The summed E-state index contributed by atoms with van der Waals surface area (Å²) in [4.78, 5) is 15.9. The van der Waals surface area contributed by atoms with Crippen molar-refractivity contribution >= 4 is 29.0 Å². The molecule has 1 atom stereocenters. The lowest BCUT2D eigenvalue weighted by Gasteiger charge is -2.12. The number of aliphatic imine (C=N–C) groups is 1. The minimum Gasteiger partial charge on any atom is -0.396 e. The number of aliphatic hydroxyl groups excluding tert-OH is 2. The maximum Gasteiger partial charge on any atom is 0.316 e. The van der Waals surface area contributed by atoms with Crippen LogP contribution in [0.2, 0.25) is 0 Å². The summed E-state index contributed by atoms with van der Waals surface area (Å²) < 4.78 is 3.60. The van der Waals surface area contributed by atoms with Gasteiger partial charge < -0.3 is 27.0 Å². The van der Waals surface area contributed by atoms with Gasteiger partial charge in [-0.1, -0.05) is 0 Å². The van der Waals surface area contributed by atoms with Crippen LogP contribution in [0, 0.1) is 5.92 Å². The lowest BCUT2D eigenvalue weighted by atomic mass is 10.1. The number of hydrogen-bond donors (Lipinski definition) is 5. The van der Waals surface area contributed by atoms with Gasteiger partial charge in [-0.25, -0.2) is 19.0 Å². The summed E-state index contributed by atoms with van der Waals surface area (Å²) in [6.07, 6.45) is 7.90. The third-order valence-electron chi connectivity index (χ3n) is 4.56. The number of carbonyl (C=O) groups is 1. The number of nitrogens with one attached hydrogen (secondary N) is 1. The van der Waals surface area contributed by atoms with Gasteiger partial charge in [0.25, 0.3) is 0 Å². The quantitative estimate of drug-likeness (QED) is 0.334. The number of hydrogen-bond acceptors (Lipinski definition) is 6. The standard InChI is InChI=1S/C17H23N7O3/c18-16-15(8-20-24(16)5-6-25)21-13-2-1-12(7-14(13)22-17(19)27)23-4-3-11(9-23)10-26/h1-2,7-8,11,25-26H,3-6,9-10H2,(H4,18,19,20,22,27)/p+1. The fourth-order valence-corrected chi connectivity index (χ4v) is 3.14. The summed E-state index contributed by atoms with van der Waals surface area (Å²) in [7, 11) is 0. The number of amides is 2. The predicted octanol–water partition coefficient (Wildman–Crippen LogP) is -0.882. The SMILES string of the molecule is NC(=O)NC1=CC(=[N+]2\CCC(CO)C2)/C=CC/1=N/c1cnn(CCO)c1N. The van der Waals surface area contributed by atoms with Gasteiger partial charge >= 0.3 is 6.03 Å². The van der Waals surface area contributed by atoms with E-state index in [1.54, 1.807) is 12.2 Å². The van der Waals surface area contributed by atoms with Crippen LogP contribution >= 0.6 is 0 Å². The average Bonchev–Trinajstić information content (AvgIpc) is 3.25.